The van der Waals surface area contributed by atoms with E-state index < -0.39 is 0 Å². The monoisotopic (exact) mass is 245 g/mol. The Balaban J connectivity index is 2.30. The van der Waals surface area contributed by atoms with E-state index in [1.54, 1.807) is 12.3 Å². The maximum absolute atomic E-state index is 9.17. The van der Waals surface area contributed by atoms with E-state index >= 15 is 0 Å². The molecule has 0 bridgehead atoms. The normalized spacial score (nSPS) is 24.9. The highest BCUT2D eigenvalue weighted by Crippen LogP contribution is 2.23. The Morgan fingerprint density at radius 3 is 2.56 bits per heavy atom. The largest absolute Gasteiger partial charge is 0.397 e. The Kier molecular flexibility index (Phi) is 3.39. The van der Waals surface area contributed by atoms with Crippen molar-refractivity contribution in [3.8, 4) is 6.07 Å². The lowest BCUT2D eigenvalue weighted by molar-refractivity contribution is 0.169. The highest BCUT2D eigenvalue weighted by atomic mass is 15.3. The number of hydrogen-bond acceptors (Lipinski definition) is 5. The van der Waals surface area contributed by atoms with Crippen LogP contribution in [0.2, 0.25) is 0 Å². The van der Waals surface area contributed by atoms with E-state index in [0.29, 0.717) is 23.3 Å². The lowest BCUT2D eigenvalue weighted by atomic mass is 10.1. The summed E-state index contributed by atoms with van der Waals surface area (Å²) in [4.78, 5) is 8.85. The second-order valence-electron chi connectivity index (χ2n) is 5.02. The van der Waals surface area contributed by atoms with E-state index in [2.05, 4.69) is 41.7 Å². The van der Waals surface area contributed by atoms with Crippen LogP contribution in [0.4, 0.5) is 11.5 Å². The highest BCUT2D eigenvalue weighted by molar-refractivity contribution is 5.59. The third-order valence-corrected chi connectivity index (χ3v) is 3.67. The van der Waals surface area contributed by atoms with Gasteiger partial charge in [0.2, 0.25) is 0 Å². The van der Waals surface area contributed by atoms with Gasteiger partial charge in [-0.05, 0) is 27.0 Å². The van der Waals surface area contributed by atoms with Crippen molar-refractivity contribution in [1.82, 2.24) is 9.88 Å². The Morgan fingerprint density at radius 2 is 2.00 bits per heavy atom. The van der Waals surface area contributed by atoms with Crippen molar-refractivity contribution in [2.75, 3.05) is 30.8 Å². The highest BCUT2D eigenvalue weighted by Gasteiger charge is 2.28. The van der Waals surface area contributed by atoms with Gasteiger partial charge in [0.05, 0.1) is 17.4 Å². The van der Waals surface area contributed by atoms with Gasteiger partial charge < -0.3 is 10.6 Å². The van der Waals surface area contributed by atoms with Crippen molar-refractivity contribution in [1.29, 1.82) is 5.26 Å². The van der Waals surface area contributed by atoms with E-state index in [-0.39, 0.29) is 0 Å². The first kappa shape index (κ1) is 12.7. The van der Waals surface area contributed by atoms with Crippen LogP contribution in [0.3, 0.4) is 0 Å². The molecular formula is C13H19N5. The molecule has 0 radical (unpaired) electrons. The second kappa shape index (κ2) is 4.83. The fraction of sp³-hybridized carbons (Fsp3) is 0.538. The van der Waals surface area contributed by atoms with Gasteiger partial charge in [0.15, 0.2) is 0 Å². The molecule has 18 heavy (non-hydrogen) atoms. The molecule has 0 amide bonds. The van der Waals surface area contributed by atoms with Crippen LogP contribution in [-0.2, 0) is 0 Å². The first-order chi connectivity index (χ1) is 8.52. The molecule has 2 atom stereocenters. The maximum atomic E-state index is 9.17. The summed E-state index contributed by atoms with van der Waals surface area (Å²) in [6, 6.07) is 4.76. The summed E-state index contributed by atoms with van der Waals surface area (Å²) in [5.41, 5.74) is 6.76. The number of pyridine rings is 1. The van der Waals surface area contributed by atoms with E-state index in [9.17, 15) is 5.26 Å². The van der Waals surface area contributed by atoms with Gasteiger partial charge in [0.1, 0.15) is 11.9 Å². The average molecular weight is 245 g/mol. The predicted octanol–water partition coefficient (Wildman–Crippen LogP) is 1.06. The summed E-state index contributed by atoms with van der Waals surface area (Å²) in [5.74, 6) is 0.749. The van der Waals surface area contributed by atoms with Gasteiger partial charge >= 0.3 is 0 Å². The molecule has 5 nitrogen and oxygen atoms in total. The predicted molar refractivity (Wildman–Crippen MR) is 72.3 cm³/mol. The molecule has 2 unspecified atom stereocenters. The molecule has 1 aliphatic heterocycles. The zero-order chi connectivity index (χ0) is 13.3. The van der Waals surface area contributed by atoms with Crippen molar-refractivity contribution in [2.45, 2.75) is 25.9 Å². The van der Waals surface area contributed by atoms with Crippen LogP contribution in [0.15, 0.2) is 12.3 Å². The minimum atomic E-state index is 0.444. The summed E-state index contributed by atoms with van der Waals surface area (Å²) < 4.78 is 0. The van der Waals surface area contributed by atoms with Crippen LogP contribution in [-0.4, -0.2) is 42.1 Å². The smallest absolute Gasteiger partial charge is 0.146 e. The third kappa shape index (κ3) is 2.24. The van der Waals surface area contributed by atoms with Crippen molar-refractivity contribution in [3.63, 3.8) is 0 Å². The Morgan fingerprint density at radius 1 is 1.39 bits per heavy atom. The number of nitriles is 1. The van der Waals surface area contributed by atoms with Crippen molar-refractivity contribution in [3.05, 3.63) is 17.8 Å². The van der Waals surface area contributed by atoms with Crippen molar-refractivity contribution < 1.29 is 0 Å². The number of aromatic nitrogens is 1. The molecular weight excluding hydrogens is 226 g/mol. The number of hydrogen-bond donors (Lipinski definition) is 1. The molecule has 2 N–H and O–H groups in total. The van der Waals surface area contributed by atoms with Gasteiger partial charge in [-0.2, -0.15) is 5.26 Å². The maximum Gasteiger partial charge on any atom is 0.146 e. The SMILES string of the molecule is CC1CN(c2ncc(N)cc2C#N)CC(C)N1C. The van der Waals surface area contributed by atoms with Crippen LogP contribution in [0.5, 0.6) is 0 Å². The standard InChI is InChI=1S/C13H19N5/c1-9-7-18(8-10(2)17(9)3)13-11(5-14)4-12(15)6-16-13/h4,6,9-10H,7-8,15H2,1-3H3. The number of nitrogens with zero attached hydrogens (tertiary/aromatic N) is 4. The second-order valence-corrected chi connectivity index (χ2v) is 5.02. The van der Waals surface area contributed by atoms with Gasteiger partial charge in [-0.3, -0.25) is 4.90 Å². The zero-order valence-corrected chi connectivity index (χ0v) is 11.1. The van der Waals surface area contributed by atoms with Gasteiger partial charge in [0.25, 0.3) is 0 Å². The van der Waals surface area contributed by atoms with Gasteiger partial charge in [-0.1, -0.05) is 0 Å². The van der Waals surface area contributed by atoms with Crippen LogP contribution in [0.25, 0.3) is 0 Å². The van der Waals surface area contributed by atoms with E-state index in [1.807, 2.05) is 0 Å². The summed E-state index contributed by atoms with van der Waals surface area (Å²) in [6.07, 6.45) is 1.61. The summed E-state index contributed by atoms with van der Waals surface area (Å²) >= 11 is 0. The lowest BCUT2D eigenvalue weighted by Gasteiger charge is -2.43. The van der Waals surface area contributed by atoms with Crippen molar-refractivity contribution >= 4 is 11.5 Å². The molecule has 1 fully saturated rings. The topological polar surface area (TPSA) is 69.2 Å². The molecule has 0 aliphatic carbocycles. The molecule has 2 rings (SSSR count). The van der Waals surface area contributed by atoms with Gasteiger partial charge in [0, 0.05) is 25.2 Å². The fourth-order valence-electron chi connectivity index (χ4n) is 2.39. The Bertz CT molecular complexity index is 467. The number of nitrogen functional groups attached to an aromatic ring is 1. The average Bonchev–Trinajstić information content (AvgIpc) is 2.35. The number of nitrogens with two attached hydrogens (primary N) is 1. The minimum Gasteiger partial charge on any atom is -0.397 e. The number of likely N-dealkylation sites (N-methyl/N-ethyl adjacent to an activating group) is 1. The molecule has 1 aromatic rings. The summed E-state index contributed by atoms with van der Waals surface area (Å²) in [6.45, 7) is 6.14. The molecule has 0 spiro atoms. The zero-order valence-electron chi connectivity index (χ0n) is 11.1. The van der Waals surface area contributed by atoms with E-state index in [4.69, 9.17) is 5.73 Å². The summed E-state index contributed by atoms with van der Waals surface area (Å²) in [7, 11) is 2.13. The minimum absolute atomic E-state index is 0.444. The Hall–Kier alpha value is -1.80. The van der Waals surface area contributed by atoms with Crippen LogP contribution in [0, 0.1) is 11.3 Å². The third-order valence-electron chi connectivity index (χ3n) is 3.67. The lowest BCUT2D eigenvalue weighted by Crippen LogP contribution is -2.55. The first-order valence-corrected chi connectivity index (χ1v) is 6.15. The quantitative estimate of drug-likeness (QED) is 0.801. The van der Waals surface area contributed by atoms with E-state index in [0.717, 1.165) is 18.9 Å². The Labute approximate surface area is 108 Å². The van der Waals surface area contributed by atoms with Crippen LogP contribution in [0.1, 0.15) is 19.4 Å². The molecule has 1 aromatic heterocycles. The van der Waals surface area contributed by atoms with Crippen LogP contribution >= 0.6 is 0 Å². The molecule has 0 saturated carbocycles. The van der Waals surface area contributed by atoms with Crippen molar-refractivity contribution in [2.24, 2.45) is 0 Å². The molecule has 5 heteroatoms. The molecule has 2 heterocycles. The number of anilines is 2. The van der Waals surface area contributed by atoms with Crippen LogP contribution < -0.4 is 10.6 Å². The summed E-state index contributed by atoms with van der Waals surface area (Å²) in [5, 5.41) is 9.17. The molecule has 1 saturated heterocycles. The first-order valence-electron chi connectivity index (χ1n) is 6.15. The molecule has 96 valence electrons. The van der Waals surface area contributed by atoms with Gasteiger partial charge in [-0.25, -0.2) is 4.98 Å². The fourth-order valence-corrected chi connectivity index (χ4v) is 2.39. The molecule has 0 aromatic carbocycles. The number of rotatable bonds is 1. The van der Waals surface area contributed by atoms with E-state index in [1.165, 1.54) is 0 Å². The molecule has 1 aliphatic rings. The van der Waals surface area contributed by atoms with Gasteiger partial charge in [-0.15, -0.1) is 0 Å². The number of piperazine rings is 1.